The first-order chi connectivity index (χ1) is 11.1. The molecule has 1 fully saturated rings. The van der Waals surface area contributed by atoms with E-state index in [1.165, 1.54) is 0 Å². The highest BCUT2D eigenvalue weighted by Gasteiger charge is 2.20. The Morgan fingerprint density at radius 3 is 2.26 bits per heavy atom. The van der Waals surface area contributed by atoms with Gasteiger partial charge in [-0.25, -0.2) is 0 Å². The number of thiocarbonyl (C=S) groups is 1. The lowest BCUT2D eigenvalue weighted by Crippen LogP contribution is -2.57. The highest BCUT2D eigenvalue weighted by molar-refractivity contribution is 9.10. The van der Waals surface area contributed by atoms with Crippen LogP contribution in [-0.4, -0.2) is 30.0 Å². The Morgan fingerprint density at radius 1 is 1.00 bits per heavy atom. The first-order valence-electron chi connectivity index (χ1n) is 7.14. The van der Waals surface area contributed by atoms with Gasteiger partial charge < -0.3 is 20.4 Å². The smallest absolute Gasteiger partial charge is 0.173 e. The van der Waals surface area contributed by atoms with Gasteiger partial charge in [-0.15, -0.1) is 0 Å². The molecule has 1 aliphatic rings. The van der Waals surface area contributed by atoms with Crippen molar-refractivity contribution < 1.29 is 0 Å². The van der Waals surface area contributed by atoms with E-state index in [2.05, 4.69) is 64.4 Å². The van der Waals surface area contributed by atoms with Crippen molar-refractivity contribution in [3.63, 3.8) is 0 Å². The van der Waals surface area contributed by atoms with Crippen molar-refractivity contribution in [1.29, 1.82) is 0 Å². The van der Waals surface area contributed by atoms with Crippen LogP contribution in [0.5, 0.6) is 0 Å². The van der Waals surface area contributed by atoms with Gasteiger partial charge in [0.1, 0.15) is 0 Å². The summed E-state index contributed by atoms with van der Waals surface area (Å²) < 4.78 is 2.15. The number of rotatable bonds is 4. The molecule has 0 bridgehead atoms. The van der Waals surface area contributed by atoms with Crippen molar-refractivity contribution in [2.45, 2.75) is 0 Å². The molecule has 2 aromatic carbocycles. The van der Waals surface area contributed by atoms with Crippen molar-refractivity contribution in [1.82, 2.24) is 10.2 Å². The number of hydrogen-bond acceptors (Lipinski definition) is 3. The standard InChI is InChI=1S/C16H16Br2N4S/c17-12-1-5-14(6-2-12)19-9-22-11-21(10-20-16(22)23)15-7-3-13(18)4-8-15/h1-8,19H,9-11H2,(H,20,23). The van der Waals surface area contributed by atoms with Crippen LogP contribution in [0.4, 0.5) is 11.4 Å². The van der Waals surface area contributed by atoms with E-state index in [-0.39, 0.29) is 0 Å². The zero-order valence-electron chi connectivity index (χ0n) is 12.3. The van der Waals surface area contributed by atoms with Crippen molar-refractivity contribution in [3.8, 4) is 0 Å². The van der Waals surface area contributed by atoms with Crippen molar-refractivity contribution in [2.75, 3.05) is 30.2 Å². The molecule has 4 nitrogen and oxygen atoms in total. The Bertz CT molecular complexity index is 675. The van der Waals surface area contributed by atoms with Crippen LogP contribution in [0.3, 0.4) is 0 Å². The van der Waals surface area contributed by atoms with Crippen molar-refractivity contribution >= 4 is 60.6 Å². The lowest BCUT2D eigenvalue weighted by Gasteiger charge is -2.39. The largest absolute Gasteiger partial charge is 0.368 e. The SMILES string of the molecule is S=C1NCN(c2ccc(Br)cc2)CN1CNc1ccc(Br)cc1. The molecule has 2 N–H and O–H groups in total. The normalized spacial score (nSPS) is 14.6. The van der Waals surface area contributed by atoms with Gasteiger partial charge >= 0.3 is 0 Å². The summed E-state index contributed by atoms with van der Waals surface area (Å²) in [5.41, 5.74) is 2.23. The molecule has 0 aromatic heterocycles. The second-order valence-electron chi connectivity index (χ2n) is 5.18. The Labute approximate surface area is 158 Å². The molecule has 0 radical (unpaired) electrons. The molecule has 1 aliphatic heterocycles. The third kappa shape index (κ3) is 4.37. The predicted octanol–water partition coefficient (Wildman–Crippen LogP) is 4.19. The van der Waals surface area contributed by atoms with Gasteiger partial charge in [-0.1, -0.05) is 31.9 Å². The van der Waals surface area contributed by atoms with E-state index in [0.29, 0.717) is 6.67 Å². The molecule has 2 aromatic rings. The molecule has 0 amide bonds. The van der Waals surface area contributed by atoms with Crippen LogP contribution in [0.15, 0.2) is 57.5 Å². The van der Waals surface area contributed by atoms with Gasteiger partial charge in [-0.05, 0) is 60.7 Å². The van der Waals surface area contributed by atoms with Crippen LogP contribution in [-0.2, 0) is 0 Å². The topological polar surface area (TPSA) is 30.5 Å². The third-order valence-electron chi connectivity index (χ3n) is 3.56. The number of nitrogens with zero attached hydrogens (tertiary/aromatic N) is 2. The summed E-state index contributed by atoms with van der Waals surface area (Å²) in [6.45, 7) is 2.12. The van der Waals surface area contributed by atoms with Gasteiger partial charge in [0.2, 0.25) is 0 Å². The summed E-state index contributed by atoms with van der Waals surface area (Å²) in [7, 11) is 0. The minimum Gasteiger partial charge on any atom is -0.368 e. The van der Waals surface area contributed by atoms with Crippen molar-refractivity contribution in [2.24, 2.45) is 0 Å². The van der Waals surface area contributed by atoms with Crippen LogP contribution < -0.4 is 15.5 Å². The van der Waals surface area contributed by atoms with Gasteiger partial charge in [0.15, 0.2) is 5.11 Å². The van der Waals surface area contributed by atoms with Crippen LogP contribution in [0.25, 0.3) is 0 Å². The Kier molecular flexibility index (Phi) is 5.40. The third-order valence-corrected chi connectivity index (χ3v) is 5.02. The Hall–Kier alpha value is -1.31. The van der Waals surface area contributed by atoms with Crippen molar-refractivity contribution in [3.05, 3.63) is 57.5 Å². The average molecular weight is 456 g/mol. The van der Waals surface area contributed by atoms with E-state index >= 15 is 0 Å². The van der Waals surface area contributed by atoms with Crippen LogP contribution in [0.2, 0.25) is 0 Å². The molecular formula is C16H16Br2N4S. The highest BCUT2D eigenvalue weighted by atomic mass is 79.9. The van der Waals surface area contributed by atoms with Gasteiger partial charge in [-0.2, -0.15) is 0 Å². The monoisotopic (exact) mass is 454 g/mol. The Morgan fingerprint density at radius 2 is 1.61 bits per heavy atom. The quantitative estimate of drug-likeness (QED) is 0.675. The molecule has 0 spiro atoms. The molecule has 0 atom stereocenters. The summed E-state index contributed by atoms with van der Waals surface area (Å²) >= 11 is 12.3. The van der Waals surface area contributed by atoms with Crippen LogP contribution in [0.1, 0.15) is 0 Å². The average Bonchev–Trinajstić information content (AvgIpc) is 2.56. The predicted molar refractivity (Wildman–Crippen MR) is 107 cm³/mol. The van der Waals surface area contributed by atoms with E-state index in [1.54, 1.807) is 0 Å². The molecule has 1 heterocycles. The summed E-state index contributed by atoms with van der Waals surface area (Å²) in [6.07, 6.45) is 0. The van der Waals surface area contributed by atoms with Crippen LogP contribution >= 0.6 is 44.1 Å². The van der Waals surface area contributed by atoms with E-state index in [0.717, 1.165) is 38.8 Å². The maximum absolute atomic E-state index is 5.42. The summed E-state index contributed by atoms with van der Waals surface area (Å²) in [4.78, 5) is 4.34. The first kappa shape index (κ1) is 16.5. The van der Waals surface area contributed by atoms with E-state index in [9.17, 15) is 0 Å². The number of hydrogen-bond donors (Lipinski definition) is 2. The molecule has 0 aliphatic carbocycles. The fraction of sp³-hybridized carbons (Fsp3) is 0.188. The first-order valence-corrected chi connectivity index (χ1v) is 9.14. The molecule has 0 unspecified atom stereocenters. The minimum atomic E-state index is 0.653. The second kappa shape index (κ2) is 7.51. The lowest BCUT2D eigenvalue weighted by molar-refractivity contribution is 0.398. The van der Waals surface area contributed by atoms with Gasteiger partial charge in [0, 0.05) is 20.3 Å². The highest BCUT2D eigenvalue weighted by Crippen LogP contribution is 2.20. The maximum Gasteiger partial charge on any atom is 0.173 e. The summed E-state index contributed by atoms with van der Waals surface area (Å²) in [5, 5.41) is 7.43. The fourth-order valence-electron chi connectivity index (χ4n) is 2.30. The minimum absolute atomic E-state index is 0.653. The summed E-state index contributed by atoms with van der Waals surface area (Å²) in [6, 6.07) is 16.4. The molecule has 23 heavy (non-hydrogen) atoms. The lowest BCUT2D eigenvalue weighted by atomic mass is 10.3. The van der Waals surface area contributed by atoms with E-state index in [1.807, 2.05) is 36.4 Å². The molecule has 3 rings (SSSR count). The fourth-order valence-corrected chi connectivity index (χ4v) is 3.01. The maximum atomic E-state index is 5.42. The molecule has 120 valence electrons. The molecule has 7 heteroatoms. The van der Waals surface area contributed by atoms with Gasteiger partial charge in [-0.3, -0.25) is 0 Å². The van der Waals surface area contributed by atoms with Gasteiger partial charge in [0.25, 0.3) is 0 Å². The zero-order chi connectivity index (χ0) is 16.2. The second-order valence-corrected chi connectivity index (χ2v) is 7.40. The number of nitrogens with one attached hydrogen (secondary N) is 2. The number of halogens is 2. The van der Waals surface area contributed by atoms with E-state index in [4.69, 9.17) is 12.2 Å². The molecule has 0 saturated carbocycles. The van der Waals surface area contributed by atoms with Gasteiger partial charge in [0.05, 0.1) is 20.0 Å². The number of anilines is 2. The summed E-state index contributed by atoms with van der Waals surface area (Å²) in [5.74, 6) is 0. The molecular weight excluding hydrogens is 440 g/mol. The molecule has 1 saturated heterocycles. The van der Waals surface area contributed by atoms with Crippen LogP contribution in [0, 0.1) is 0 Å². The number of benzene rings is 2. The Balaban J connectivity index is 1.62. The van der Waals surface area contributed by atoms with E-state index < -0.39 is 0 Å². The zero-order valence-corrected chi connectivity index (χ0v) is 16.3.